The van der Waals surface area contributed by atoms with Gasteiger partial charge in [-0.25, -0.2) is 0 Å². The van der Waals surface area contributed by atoms with Crippen LogP contribution in [0.1, 0.15) is 41.1 Å². The van der Waals surface area contributed by atoms with Gasteiger partial charge in [0.2, 0.25) is 0 Å². The zero-order chi connectivity index (χ0) is 13.2. The standard InChI is InChI=1S/C17H18ClN/c18-16-7-3-6-14(11-16)17(19)15-9-8-12-4-1-2-5-13(12)10-15/h3,6-11,17H,1-2,4-5,19H2. The minimum absolute atomic E-state index is 0.0917. The number of hydrogen-bond donors (Lipinski definition) is 1. The molecule has 0 bridgehead atoms. The van der Waals surface area contributed by atoms with Crippen molar-refractivity contribution >= 4 is 11.6 Å². The van der Waals surface area contributed by atoms with Crippen molar-refractivity contribution in [3.05, 3.63) is 69.7 Å². The third-order valence-electron chi connectivity index (χ3n) is 3.94. The summed E-state index contributed by atoms with van der Waals surface area (Å²) in [6.45, 7) is 0. The Morgan fingerprint density at radius 2 is 1.63 bits per heavy atom. The molecular weight excluding hydrogens is 254 g/mol. The third kappa shape index (κ3) is 2.68. The Labute approximate surface area is 119 Å². The molecule has 2 N–H and O–H groups in total. The number of fused-ring (bicyclic) bond motifs is 1. The van der Waals surface area contributed by atoms with Crippen molar-refractivity contribution < 1.29 is 0 Å². The molecule has 1 nitrogen and oxygen atoms in total. The first-order valence-electron chi connectivity index (χ1n) is 6.87. The van der Waals surface area contributed by atoms with Gasteiger partial charge in [0, 0.05) is 5.02 Å². The van der Waals surface area contributed by atoms with Gasteiger partial charge in [0.25, 0.3) is 0 Å². The molecule has 0 saturated heterocycles. The quantitative estimate of drug-likeness (QED) is 0.867. The molecule has 2 aromatic rings. The van der Waals surface area contributed by atoms with Gasteiger partial charge in [-0.3, -0.25) is 0 Å². The Bertz CT molecular complexity index is 592. The van der Waals surface area contributed by atoms with Crippen molar-refractivity contribution in [2.45, 2.75) is 31.7 Å². The van der Waals surface area contributed by atoms with Crippen LogP contribution in [0, 0.1) is 0 Å². The molecule has 3 rings (SSSR count). The lowest BCUT2D eigenvalue weighted by molar-refractivity contribution is 0.682. The van der Waals surface area contributed by atoms with E-state index in [1.54, 1.807) is 0 Å². The third-order valence-corrected chi connectivity index (χ3v) is 4.17. The van der Waals surface area contributed by atoms with E-state index in [2.05, 4.69) is 18.2 Å². The monoisotopic (exact) mass is 271 g/mol. The number of halogens is 1. The average Bonchev–Trinajstić information content (AvgIpc) is 2.46. The van der Waals surface area contributed by atoms with E-state index in [1.807, 2.05) is 24.3 Å². The predicted octanol–water partition coefficient (Wildman–Crippen LogP) is 4.27. The minimum atomic E-state index is -0.0917. The van der Waals surface area contributed by atoms with Crippen LogP contribution < -0.4 is 5.73 Å². The summed E-state index contributed by atoms with van der Waals surface area (Å²) in [6.07, 6.45) is 5.00. The first-order valence-corrected chi connectivity index (χ1v) is 7.24. The Hall–Kier alpha value is -1.31. The zero-order valence-corrected chi connectivity index (χ0v) is 11.7. The van der Waals surface area contributed by atoms with Gasteiger partial charge in [0.1, 0.15) is 0 Å². The molecule has 1 atom stereocenters. The van der Waals surface area contributed by atoms with Crippen LogP contribution in [0.2, 0.25) is 5.02 Å². The van der Waals surface area contributed by atoms with E-state index < -0.39 is 0 Å². The van der Waals surface area contributed by atoms with Gasteiger partial charge in [0.15, 0.2) is 0 Å². The summed E-state index contributed by atoms with van der Waals surface area (Å²) < 4.78 is 0. The normalized spacial score (nSPS) is 15.9. The molecule has 19 heavy (non-hydrogen) atoms. The fraction of sp³-hybridized carbons (Fsp3) is 0.294. The summed E-state index contributed by atoms with van der Waals surface area (Å²) in [5.41, 5.74) is 11.6. The molecule has 0 radical (unpaired) electrons. The van der Waals surface area contributed by atoms with Crippen molar-refractivity contribution in [2.24, 2.45) is 5.73 Å². The lowest BCUT2D eigenvalue weighted by Crippen LogP contribution is -2.13. The van der Waals surface area contributed by atoms with Crippen LogP contribution in [-0.4, -0.2) is 0 Å². The SMILES string of the molecule is NC(c1cccc(Cl)c1)c1ccc2c(c1)CCCC2. The lowest BCUT2D eigenvalue weighted by atomic mass is 9.88. The van der Waals surface area contributed by atoms with Crippen LogP contribution in [0.4, 0.5) is 0 Å². The van der Waals surface area contributed by atoms with Crippen LogP contribution in [0.5, 0.6) is 0 Å². The predicted molar refractivity (Wildman–Crippen MR) is 80.6 cm³/mol. The van der Waals surface area contributed by atoms with Crippen LogP contribution in [0.15, 0.2) is 42.5 Å². The molecule has 0 saturated carbocycles. The fourth-order valence-corrected chi connectivity index (χ4v) is 3.04. The largest absolute Gasteiger partial charge is 0.320 e. The molecule has 1 aliphatic rings. The highest BCUT2D eigenvalue weighted by Crippen LogP contribution is 2.27. The smallest absolute Gasteiger partial charge is 0.0552 e. The first-order chi connectivity index (χ1) is 9.24. The van der Waals surface area contributed by atoms with E-state index in [0.717, 1.165) is 10.6 Å². The second-order valence-electron chi connectivity index (χ2n) is 5.27. The molecular formula is C17H18ClN. The number of nitrogens with two attached hydrogens (primary N) is 1. The summed E-state index contributed by atoms with van der Waals surface area (Å²) in [5, 5.41) is 0.742. The number of benzene rings is 2. The van der Waals surface area contributed by atoms with E-state index in [4.69, 9.17) is 17.3 Å². The maximum absolute atomic E-state index is 6.36. The highest BCUT2D eigenvalue weighted by molar-refractivity contribution is 6.30. The van der Waals surface area contributed by atoms with Gasteiger partial charge < -0.3 is 5.73 Å². The summed E-state index contributed by atoms with van der Waals surface area (Å²) in [7, 11) is 0. The molecule has 1 aliphatic carbocycles. The molecule has 98 valence electrons. The second-order valence-corrected chi connectivity index (χ2v) is 5.70. The molecule has 2 aromatic carbocycles. The molecule has 0 fully saturated rings. The van der Waals surface area contributed by atoms with Gasteiger partial charge in [-0.2, -0.15) is 0 Å². The van der Waals surface area contributed by atoms with Gasteiger partial charge in [-0.05, 0) is 60.1 Å². The number of hydrogen-bond acceptors (Lipinski definition) is 1. The van der Waals surface area contributed by atoms with Gasteiger partial charge >= 0.3 is 0 Å². The van der Waals surface area contributed by atoms with E-state index in [-0.39, 0.29) is 6.04 Å². The first kappa shape index (κ1) is 12.7. The van der Waals surface area contributed by atoms with Crippen molar-refractivity contribution in [3.8, 4) is 0 Å². The summed E-state index contributed by atoms with van der Waals surface area (Å²) >= 11 is 6.04. The summed E-state index contributed by atoms with van der Waals surface area (Å²) in [6, 6.07) is 14.4. The topological polar surface area (TPSA) is 26.0 Å². The second kappa shape index (κ2) is 5.36. The zero-order valence-electron chi connectivity index (χ0n) is 10.9. The molecule has 1 unspecified atom stereocenters. The highest BCUT2D eigenvalue weighted by atomic mass is 35.5. The maximum Gasteiger partial charge on any atom is 0.0552 e. The Kier molecular flexibility index (Phi) is 3.58. The average molecular weight is 272 g/mol. The van der Waals surface area contributed by atoms with Gasteiger partial charge in [-0.1, -0.05) is 41.9 Å². The highest BCUT2D eigenvalue weighted by Gasteiger charge is 2.14. The van der Waals surface area contributed by atoms with E-state index in [0.29, 0.717) is 0 Å². The van der Waals surface area contributed by atoms with Crippen molar-refractivity contribution in [1.29, 1.82) is 0 Å². The fourth-order valence-electron chi connectivity index (χ4n) is 2.84. The molecule has 2 heteroatoms. The van der Waals surface area contributed by atoms with E-state index in [9.17, 15) is 0 Å². The Morgan fingerprint density at radius 1 is 0.895 bits per heavy atom. The van der Waals surface area contributed by atoms with Crippen LogP contribution >= 0.6 is 11.6 Å². The Morgan fingerprint density at radius 3 is 2.42 bits per heavy atom. The molecule has 0 aliphatic heterocycles. The van der Waals surface area contributed by atoms with Crippen molar-refractivity contribution in [3.63, 3.8) is 0 Å². The lowest BCUT2D eigenvalue weighted by Gasteiger charge is -2.19. The summed E-state index contributed by atoms with van der Waals surface area (Å²) in [5.74, 6) is 0. The molecule has 0 aromatic heterocycles. The van der Waals surface area contributed by atoms with Crippen LogP contribution in [-0.2, 0) is 12.8 Å². The van der Waals surface area contributed by atoms with Crippen molar-refractivity contribution in [2.75, 3.05) is 0 Å². The van der Waals surface area contributed by atoms with E-state index >= 15 is 0 Å². The number of aryl methyl sites for hydroxylation is 2. The molecule has 0 amide bonds. The number of rotatable bonds is 2. The minimum Gasteiger partial charge on any atom is -0.320 e. The van der Waals surface area contributed by atoms with Crippen LogP contribution in [0.25, 0.3) is 0 Å². The maximum atomic E-state index is 6.36. The van der Waals surface area contributed by atoms with Crippen LogP contribution in [0.3, 0.4) is 0 Å². The molecule has 0 spiro atoms. The Balaban J connectivity index is 1.93. The van der Waals surface area contributed by atoms with Gasteiger partial charge in [0.05, 0.1) is 6.04 Å². The summed E-state index contributed by atoms with van der Waals surface area (Å²) in [4.78, 5) is 0. The molecule has 0 heterocycles. The van der Waals surface area contributed by atoms with E-state index in [1.165, 1.54) is 42.4 Å². The van der Waals surface area contributed by atoms with Crippen molar-refractivity contribution in [1.82, 2.24) is 0 Å². The van der Waals surface area contributed by atoms with Gasteiger partial charge in [-0.15, -0.1) is 0 Å².